The third kappa shape index (κ3) is 7.90. The average molecular weight is 496 g/mol. The first-order valence-corrected chi connectivity index (χ1v) is 12.3. The molecule has 0 aliphatic carbocycles. The summed E-state index contributed by atoms with van der Waals surface area (Å²) >= 11 is 0. The number of carbonyl (C=O) groups is 3. The molecule has 2 aromatic rings. The fraction of sp³-hybridized carbons (Fsp3) is 0.407. The summed E-state index contributed by atoms with van der Waals surface area (Å²) in [5, 5.41) is 5.53. The van der Waals surface area contributed by atoms with Crippen LogP contribution in [0.2, 0.25) is 0 Å². The maximum Gasteiger partial charge on any atom is 0.245 e. The van der Waals surface area contributed by atoms with Crippen LogP contribution in [0.25, 0.3) is 0 Å². The maximum atomic E-state index is 14.0. The second-order valence-corrected chi connectivity index (χ2v) is 8.83. The lowest BCUT2D eigenvalue weighted by molar-refractivity contribution is -0.136. The second kappa shape index (κ2) is 13.4. The number of rotatable bonds is 11. The highest BCUT2D eigenvalue weighted by atomic mass is 19.1. The van der Waals surface area contributed by atoms with Gasteiger partial charge in [0.1, 0.15) is 17.7 Å². The quantitative estimate of drug-likeness (QED) is 0.369. The fourth-order valence-electron chi connectivity index (χ4n) is 4.16. The molecule has 0 bridgehead atoms. The van der Waals surface area contributed by atoms with E-state index in [0.717, 1.165) is 11.5 Å². The first-order valence-electron chi connectivity index (χ1n) is 12.3. The zero-order valence-electron chi connectivity index (χ0n) is 20.7. The number of halogens is 1. The Labute approximate surface area is 211 Å². The number of aromatic nitrogens is 1. The number of hydrogen-bond acceptors (Lipinski definition) is 5. The minimum atomic E-state index is -0.719. The lowest BCUT2D eigenvalue weighted by Crippen LogP contribution is -2.55. The van der Waals surface area contributed by atoms with Crippen molar-refractivity contribution in [1.82, 2.24) is 20.5 Å². The van der Waals surface area contributed by atoms with Gasteiger partial charge in [-0.1, -0.05) is 30.8 Å². The van der Waals surface area contributed by atoms with Gasteiger partial charge in [0.2, 0.25) is 17.7 Å². The van der Waals surface area contributed by atoms with Crippen molar-refractivity contribution in [2.24, 2.45) is 0 Å². The number of benzene rings is 1. The van der Waals surface area contributed by atoms with Crippen LogP contribution in [0, 0.1) is 12.7 Å². The number of carbonyl (C=O) groups excluding carboxylic acids is 3. The number of anilines is 1. The maximum absolute atomic E-state index is 14.0. The lowest BCUT2D eigenvalue weighted by atomic mass is 10.1. The Morgan fingerprint density at radius 1 is 1.08 bits per heavy atom. The third-order valence-corrected chi connectivity index (χ3v) is 6.14. The van der Waals surface area contributed by atoms with Crippen LogP contribution in [0.1, 0.15) is 30.5 Å². The van der Waals surface area contributed by atoms with Crippen molar-refractivity contribution in [3.05, 3.63) is 72.2 Å². The number of pyridine rings is 1. The van der Waals surface area contributed by atoms with Gasteiger partial charge in [-0.15, -0.1) is 0 Å². The van der Waals surface area contributed by atoms with E-state index in [-0.39, 0.29) is 23.8 Å². The van der Waals surface area contributed by atoms with E-state index in [2.05, 4.69) is 27.1 Å². The predicted molar refractivity (Wildman–Crippen MR) is 137 cm³/mol. The number of unbranched alkanes of at least 4 members (excludes halogenated alkanes) is 1. The van der Waals surface area contributed by atoms with Crippen molar-refractivity contribution in [3.8, 4) is 0 Å². The predicted octanol–water partition coefficient (Wildman–Crippen LogP) is 2.38. The van der Waals surface area contributed by atoms with Crippen molar-refractivity contribution < 1.29 is 18.8 Å². The fourth-order valence-corrected chi connectivity index (χ4v) is 4.16. The molecule has 192 valence electrons. The molecule has 8 nitrogen and oxygen atoms in total. The normalized spacial score (nSPS) is 14.2. The lowest BCUT2D eigenvalue weighted by Gasteiger charge is -2.37. The summed E-state index contributed by atoms with van der Waals surface area (Å²) in [6.45, 7) is 8.15. The molecule has 1 aliphatic rings. The number of aryl methyl sites for hydroxylation is 1. The summed E-state index contributed by atoms with van der Waals surface area (Å²) in [5.41, 5.74) is 1.22. The Hall–Kier alpha value is -3.75. The highest BCUT2D eigenvalue weighted by Crippen LogP contribution is 2.16. The molecule has 3 rings (SSSR count). The Balaban J connectivity index is 1.59. The number of piperazine rings is 1. The molecule has 0 unspecified atom stereocenters. The van der Waals surface area contributed by atoms with Crippen LogP contribution in [-0.2, 0) is 20.8 Å². The number of nitrogens with one attached hydrogen (secondary N) is 2. The van der Waals surface area contributed by atoms with E-state index >= 15 is 0 Å². The molecule has 1 aromatic heterocycles. The Morgan fingerprint density at radius 3 is 2.53 bits per heavy atom. The zero-order chi connectivity index (χ0) is 25.9. The number of hydrogen-bond donors (Lipinski definition) is 2. The van der Waals surface area contributed by atoms with Crippen LogP contribution in [-0.4, -0.2) is 66.4 Å². The standard InChI is InChI=1S/C27H34FN5O3/c1-3-25(34)29-14-7-6-12-23(31-26(35)19-21-10-4-5-11-22(21)28)27(36)33-17-15-32(16-18-33)24-13-8-9-20(2)30-24/h3-5,8-11,13,23H,1,6-7,12,14-19H2,2H3,(H,29,34)(H,31,35)/t23-/m0/s1. The van der Waals surface area contributed by atoms with Gasteiger partial charge in [0.05, 0.1) is 6.42 Å². The zero-order valence-corrected chi connectivity index (χ0v) is 20.7. The highest BCUT2D eigenvalue weighted by Gasteiger charge is 2.29. The molecule has 2 heterocycles. The summed E-state index contributed by atoms with van der Waals surface area (Å²) in [6, 6.07) is 11.3. The second-order valence-electron chi connectivity index (χ2n) is 8.83. The highest BCUT2D eigenvalue weighted by molar-refractivity contribution is 5.88. The molecule has 1 atom stereocenters. The number of nitrogens with zero attached hydrogens (tertiary/aromatic N) is 3. The molecule has 2 N–H and O–H groups in total. The minimum absolute atomic E-state index is 0.140. The number of amides is 3. The molecule has 9 heteroatoms. The summed E-state index contributed by atoms with van der Waals surface area (Å²) in [7, 11) is 0. The van der Waals surface area contributed by atoms with Crippen molar-refractivity contribution in [1.29, 1.82) is 0 Å². The van der Waals surface area contributed by atoms with E-state index in [4.69, 9.17) is 0 Å². The molecule has 3 amide bonds. The first kappa shape index (κ1) is 26.8. The third-order valence-electron chi connectivity index (χ3n) is 6.14. The van der Waals surface area contributed by atoms with Crippen molar-refractivity contribution in [2.75, 3.05) is 37.6 Å². The summed E-state index contributed by atoms with van der Waals surface area (Å²) < 4.78 is 14.0. The molecule has 36 heavy (non-hydrogen) atoms. The topological polar surface area (TPSA) is 94.6 Å². The van der Waals surface area contributed by atoms with E-state index in [1.54, 1.807) is 23.1 Å². The van der Waals surface area contributed by atoms with E-state index in [1.165, 1.54) is 12.1 Å². The van der Waals surface area contributed by atoms with Gasteiger partial charge in [-0.3, -0.25) is 14.4 Å². The molecule has 0 radical (unpaired) electrons. The summed E-state index contributed by atoms with van der Waals surface area (Å²) in [5.74, 6) is -0.362. The molecule has 0 spiro atoms. The van der Waals surface area contributed by atoms with Crippen LogP contribution < -0.4 is 15.5 Å². The van der Waals surface area contributed by atoms with Gasteiger partial charge in [0.15, 0.2) is 0 Å². The van der Waals surface area contributed by atoms with Crippen molar-refractivity contribution in [3.63, 3.8) is 0 Å². The monoisotopic (exact) mass is 495 g/mol. The molecule has 1 aromatic carbocycles. The Bertz CT molecular complexity index is 1070. The van der Waals surface area contributed by atoms with E-state index in [9.17, 15) is 18.8 Å². The summed E-state index contributed by atoms with van der Waals surface area (Å²) in [4.78, 5) is 45.9. The van der Waals surface area contributed by atoms with E-state index in [1.807, 2.05) is 25.1 Å². The van der Waals surface area contributed by atoms with Gasteiger partial charge in [-0.25, -0.2) is 9.37 Å². The van der Waals surface area contributed by atoms with Crippen LogP contribution in [0.5, 0.6) is 0 Å². The molecule has 0 saturated carbocycles. The molecule has 1 saturated heterocycles. The van der Waals surface area contributed by atoms with Crippen LogP contribution >= 0.6 is 0 Å². The largest absolute Gasteiger partial charge is 0.353 e. The van der Waals surface area contributed by atoms with Gasteiger partial charge in [-0.05, 0) is 56.0 Å². The van der Waals surface area contributed by atoms with Gasteiger partial charge in [0.25, 0.3) is 0 Å². The van der Waals surface area contributed by atoms with Crippen LogP contribution in [0.15, 0.2) is 55.1 Å². The van der Waals surface area contributed by atoms with Gasteiger partial charge < -0.3 is 20.4 Å². The minimum Gasteiger partial charge on any atom is -0.353 e. The molecular weight excluding hydrogens is 461 g/mol. The summed E-state index contributed by atoms with van der Waals surface area (Å²) in [6.07, 6.45) is 2.77. The van der Waals surface area contributed by atoms with Crippen molar-refractivity contribution in [2.45, 2.75) is 38.6 Å². The molecule has 1 fully saturated rings. The smallest absolute Gasteiger partial charge is 0.245 e. The van der Waals surface area contributed by atoms with Gasteiger partial charge in [-0.2, -0.15) is 0 Å². The van der Waals surface area contributed by atoms with Gasteiger partial charge in [0, 0.05) is 38.4 Å². The van der Waals surface area contributed by atoms with Crippen molar-refractivity contribution >= 4 is 23.5 Å². The van der Waals surface area contributed by atoms with Crippen LogP contribution in [0.4, 0.5) is 10.2 Å². The first-order chi connectivity index (χ1) is 17.4. The van der Waals surface area contributed by atoms with Crippen LogP contribution in [0.3, 0.4) is 0 Å². The Kier molecular flexibility index (Phi) is 9.97. The average Bonchev–Trinajstić information content (AvgIpc) is 2.88. The van der Waals surface area contributed by atoms with Gasteiger partial charge >= 0.3 is 0 Å². The Morgan fingerprint density at radius 2 is 1.83 bits per heavy atom. The molecular formula is C27H34FN5O3. The van der Waals surface area contributed by atoms with E-state index < -0.39 is 17.8 Å². The van der Waals surface area contributed by atoms with E-state index in [0.29, 0.717) is 52.0 Å². The SMILES string of the molecule is C=CC(=O)NCCCC[C@H](NC(=O)Cc1ccccc1F)C(=O)N1CCN(c2cccc(C)n2)CC1. The molecule has 1 aliphatic heterocycles.